The van der Waals surface area contributed by atoms with E-state index in [0.717, 1.165) is 25.7 Å². The molecule has 0 saturated carbocycles. The van der Waals surface area contributed by atoms with Crippen molar-refractivity contribution in [1.82, 2.24) is 0 Å². The average molecular weight is 218 g/mol. The van der Waals surface area contributed by atoms with Gasteiger partial charge in [0.05, 0.1) is 12.5 Å². The number of rotatable bonds is 3. The van der Waals surface area contributed by atoms with E-state index in [0.29, 0.717) is 6.61 Å². The van der Waals surface area contributed by atoms with E-state index in [1.807, 2.05) is 13.0 Å². The largest absolute Gasteiger partial charge is 0.465 e. The van der Waals surface area contributed by atoms with Gasteiger partial charge in [-0.25, -0.2) is 0 Å². The lowest BCUT2D eigenvalue weighted by Crippen LogP contribution is -2.24. The quantitative estimate of drug-likeness (QED) is 0.729. The molecule has 0 radical (unpaired) electrons. The monoisotopic (exact) mass is 218 g/mol. The van der Waals surface area contributed by atoms with Crippen LogP contribution in [0.4, 0.5) is 0 Å². The summed E-state index contributed by atoms with van der Waals surface area (Å²) >= 11 is 0. The zero-order valence-corrected chi connectivity index (χ0v) is 9.74. The van der Waals surface area contributed by atoms with Crippen molar-refractivity contribution in [3.63, 3.8) is 0 Å². The Kier molecular flexibility index (Phi) is 3.60. The molecule has 2 nitrogen and oxygen atoms in total. The van der Waals surface area contributed by atoms with Crippen LogP contribution in [-0.2, 0) is 22.4 Å². The highest BCUT2D eigenvalue weighted by Crippen LogP contribution is 2.26. The normalized spacial score (nSPS) is 18.9. The molecule has 1 aliphatic rings. The molecule has 0 N–H and O–H groups in total. The molecule has 16 heavy (non-hydrogen) atoms. The smallest absolute Gasteiger partial charge is 0.309 e. The van der Waals surface area contributed by atoms with E-state index in [1.165, 1.54) is 11.1 Å². The molecular weight excluding hydrogens is 200 g/mol. The number of aryl methyl sites for hydroxylation is 1. The number of carbonyl (C=O) groups is 1. The summed E-state index contributed by atoms with van der Waals surface area (Å²) in [5, 5.41) is 0. The van der Waals surface area contributed by atoms with Gasteiger partial charge in [-0.05, 0) is 36.8 Å². The van der Waals surface area contributed by atoms with Crippen LogP contribution in [0.25, 0.3) is 0 Å². The molecule has 1 unspecified atom stereocenters. The van der Waals surface area contributed by atoms with E-state index < -0.39 is 0 Å². The molecule has 1 atom stereocenters. The van der Waals surface area contributed by atoms with Gasteiger partial charge in [-0.15, -0.1) is 0 Å². The third-order valence-electron chi connectivity index (χ3n) is 3.13. The summed E-state index contributed by atoms with van der Waals surface area (Å²) in [5.74, 6) is 0.0535. The highest BCUT2D eigenvalue weighted by molar-refractivity contribution is 5.73. The zero-order chi connectivity index (χ0) is 11.4. The third kappa shape index (κ3) is 2.43. The molecule has 0 bridgehead atoms. The lowest BCUT2D eigenvalue weighted by Gasteiger charge is -2.22. The summed E-state index contributed by atoms with van der Waals surface area (Å²) in [7, 11) is 0. The Morgan fingerprint density at radius 1 is 1.38 bits per heavy atom. The average Bonchev–Trinajstić information content (AvgIpc) is 2.35. The first kappa shape index (κ1) is 11.2. The van der Waals surface area contributed by atoms with Gasteiger partial charge >= 0.3 is 5.97 Å². The predicted molar refractivity (Wildman–Crippen MR) is 63.2 cm³/mol. The number of ether oxygens (including phenoxy) is 1. The molecule has 1 aromatic carbocycles. The number of hydrogen-bond acceptors (Lipinski definition) is 2. The number of carbonyl (C=O) groups excluding carboxylic acids is 1. The Morgan fingerprint density at radius 3 is 2.88 bits per heavy atom. The molecule has 0 aliphatic heterocycles. The molecule has 1 aromatic rings. The maximum Gasteiger partial charge on any atom is 0.309 e. The Morgan fingerprint density at radius 2 is 2.12 bits per heavy atom. The third-order valence-corrected chi connectivity index (χ3v) is 3.13. The fourth-order valence-corrected chi connectivity index (χ4v) is 2.22. The van der Waals surface area contributed by atoms with Crippen LogP contribution in [0.15, 0.2) is 24.3 Å². The van der Waals surface area contributed by atoms with Crippen molar-refractivity contribution in [3.8, 4) is 0 Å². The number of fused-ring (bicyclic) bond motifs is 1. The van der Waals surface area contributed by atoms with Gasteiger partial charge in [0.1, 0.15) is 0 Å². The van der Waals surface area contributed by atoms with E-state index >= 15 is 0 Å². The van der Waals surface area contributed by atoms with Gasteiger partial charge in [0, 0.05) is 0 Å². The summed E-state index contributed by atoms with van der Waals surface area (Å²) in [6.45, 7) is 2.57. The van der Waals surface area contributed by atoms with Gasteiger partial charge in [0.25, 0.3) is 0 Å². The fourth-order valence-electron chi connectivity index (χ4n) is 2.22. The van der Waals surface area contributed by atoms with Crippen LogP contribution in [0, 0.1) is 5.92 Å². The van der Waals surface area contributed by atoms with E-state index in [-0.39, 0.29) is 11.9 Å². The van der Waals surface area contributed by atoms with Crippen LogP contribution in [0.1, 0.15) is 30.9 Å². The molecule has 86 valence electrons. The van der Waals surface area contributed by atoms with Crippen molar-refractivity contribution >= 4 is 5.97 Å². The summed E-state index contributed by atoms with van der Waals surface area (Å²) in [6.07, 6.45) is 3.68. The second-order valence-corrected chi connectivity index (χ2v) is 4.38. The maximum atomic E-state index is 11.7. The standard InChI is InChI=1S/C14H18O2/c1-2-9-16-14(15)13-8-7-11-5-3-4-6-12(11)10-13/h3-6,13H,2,7-10H2,1H3. The van der Waals surface area contributed by atoms with Gasteiger partial charge in [-0.2, -0.15) is 0 Å². The molecule has 0 heterocycles. The molecule has 0 spiro atoms. The van der Waals surface area contributed by atoms with Gasteiger partial charge in [-0.1, -0.05) is 31.2 Å². The fraction of sp³-hybridized carbons (Fsp3) is 0.500. The molecule has 2 heteroatoms. The molecule has 1 aliphatic carbocycles. The Bertz CT molecular complexity index is 371. The van der Waals surface area contributed by atoms with Gasteiger partial charge in [0.15, 0.2) is 0 Å². The predicted octanol–water partition coefficient (Wildman–Crippen LogP) is 2.74. The van der Waals surface area contributed by atoms with Crippen LogP contribution in [0.5, 0.6) is 0 Å². The van der Waals surface area contributed by atoms with Crippen molar-refractivity contribution in [2.24, 2.45) is 5.92 Å². The van der Waals surface area contributed by atoms with Crippen LogP contribution in [-0.4, -0.2) is 12.6 Å². The van der Waals surface area contributed by atoms with Crippen LogP contribution >= 0.6 is 0 Å². The molecule has 0 aromatic heterocycles. The number of esters is 1. The molecule has 2 rings (SSSR count). The summed E-state index contributed by atoms with van der Waals surface area (Å²) in [5.41, 5.74) is 2.70. The minimum atomic E-state index is -0.0173. The lowest BCUT2D eigenvalue weighted by atomic mass is 9.84. The van der Waals surface area contributed by atoms with Crippen LogP contribution in [0.3, 0.4) is 0 Å². The van der Waals surface area contributed by atoms with Gasteiger partial charge < -0.3 is 4.74 Å². The van der Waals surface area contributed by atoms with Crippen LogP contribution < -0.4 is 0 Å². The summed E-state index contributed by atoms with van der Waals surface area (Å²) in [6, 6.07) is 8.38. The molecular formula is C14H18O2. The maximum absolute atomic E-state index is 11.7. The molecule has 0 saturated heterocycles. The van der Waals surface area contributed by atoms with Crippen LogP contribution in [0.2, 0.25) is 0 Å². The van der Waals surface area contributed by atoms with E-state index in [1.54, 1.807) is 0 Å². The first-order chi connectivity index (χ1) is 7.81. The first-order valence-electron chi connectivity index (χ1n) is 6.04. The van der Waals surface area contributed by atoms with Gasteiger partial charge in [0.2, 0.25) is 0 Å². The van der Waals surface area contributed by atoms with Crippen molar-refractivity contribution in [3.05, 3.63) is 35.4 Å². The minimum Gasteiger partial charge on any atom is -0.465 e. The second kappa shape index (κ2) is 5.15. The van der Waals surface area contributed by atoms with Crippen molar-refractivity contribution in [1.29, 1.82) is 0 Å². The van der Waals surface area contributed by atoms with E-state index in [4.69, 9.17) is 4.74 Å². The van der Waals surface area contributed by atoms with Crippen molar-refractivity contribution in [2.45, 2.75) is 32.6 Å². The molecule has 0 fully saturated rings. The van der Waals surface area contributed by atoms with Gasteiger partial charge in [-0.3, -0.25) is 4.79 Å². The Balaban J connectivity index is 1.99. The zero-order valence-electron chi connectivity index (χ0n) is 9.74. The Labute approximate surface area is 96.6 Å². The lowest BCUT2D eigenvalue weighted by molar-refractivity contribution is -0.148. The SMILES string of the molecule is CCCOC(=O)C1CCc2ccccc2C1. The topological polar surface area (TPSA) is 26.3 Å². The number of benzene rings is 1. The van der Waals surface area contributed by atoms with Crippen molar-refractivity contribution in [2.75, 3.05) is 6.61 Å². The van der Waals surface area contributed by atoms with Crippen molar-refractivity contribution < 1.29 is 9.53 Å². The highest BCUT2D eigenvalue weighted by Gasteiger charge is 2.25. The first-order valence-corrected chi connectivity index (χ1v) is 6.04. The van der Waals surface area contributed by atoms with E-state index in [2.05, 4.69) is 18.2 Å². The second-order valence-electron chi connectivity index (χ2n) is 4.38. The molecule has 0 amide bonds. The highest BCUT2D eigenvalue weighted by atomic mass is 16.5. The number of hydrogen-bond donors (Lipinski definition) is 0. The summed E-state index contributed by atoms with van der Waals surface area (Å²) in [4.78, 5) is 11.7. The Hall–Kier alpha value is -1.31. The minimum absolute atomic E-state index is 0.0173. The van der Waals surface area contributed by atoms with E-state index in [9.17, 15) is 4.79 Å². The summed E-state index contributed by atoms with van der Waals surface area (Å²) < 4.78 is 5.21.